The predicted molar refractivity (Wildman–Crippen MR) is 60.6 cm³/mol. The molecule has 0 aliphatic carbocycles. The van der Waals surface area contributed by atoms with E-state index in [-0.39, 0.29) is 17.2 Å². The first-order chi connectivity index (χ1) is 7.59. The predicted octanol–water partition coefficient (Wildman–Crippen LogP) is 2.80. The summed E-state index contributed by atoms with van der Waals surface area (Å²) in [6, 6.07) is 8.53. The van der Waals surface area contributed by atoms with Crippen LogP contribution in [0.4, 0.5) is 20.2 Å². The van der Waals surface area contributed by atoms with E-state index in [0.717, 1.165) is 0 Å². The van der Waals surface area contributed by atoms with E-state index in [9.17, 15) is 8.78 Å². The van der Waals surface area contributed by atoms with E-state index in [1.807, 2.05) is 0 Å². The Morgan fingerprint density at radius 3 is 2.00 bits per heavy atom. The van der Waals surface area contributed by atoms with Crippen LogP contribution in [0.5, 0.6) is 0 Å². The SMILES string of the molecule is Nc1c(F)ccc(-c2ccc(F)cc2)c1N. The van der Waals surface area contributed by atoms with Crippen molar-refractivity contribution < 1.29 is 8.78 Å². The van der Waals surface area contributed by atoms with Gasteiger partial charge in [-0.15, -0.1) is 0 Å². The highest BCUT2D eigenvalue weighted by atomic mass is 19.1. The zero-order valence-electron chi connectivity index (χ0n) is 8.37. The fraction of sp³-hybridized carbons (Fsp3) is 0. The quantitative estimate of drug-likeness (QED) is 0.726. The molecule has 0 unspecified atom stereocenters. The summed E-state index contributed by atoms with van der Waals surface area (Å²) in [5.41, 5.74) is 12.6. The minimum Gasteiger partial charge on any atom is -0.396 e. The molecule has 2 aromatic carbocycles. The first-order valence-corrected chi connectivity index (χ1v) is 4.69. The maximum absolute atomic E-state index is 13.1. The van der Waals surface area contributed by atoms with Crippen molar-refractivity contribution >= 4 is 11.4 Å². The molecule has 0 saturated heterocycles. The second-order valence-electron chi connectivity index (χ2n) is 3.43. The molecule has 0 saturated carbocycles. The van der Waals surface area contributed by atoms with Crippen molar-refractivity contribution in [2.24, 2.45) is 0 Å². The molecule has 0 aliphatic heterocycles. The molecule has 0 aromatic heterocycles. The highest BCUT2D eigenvalue weighted by Crippen LogP contribution is 2.31. The zero-order chi connectivity index (χ0) is 11.7. The number of halogens is 2. The smallest absolute Gasteiger partial charge is 0.148 e. The van der Waals surface area contributed by atoms with Crippen molar-refractivity contribution in [2.45, 2.75) is 0 Å². The van der Waals surface area contributed by atoms with Gasteiger partial charge in [0.05, 0.1) is 11.4 Å². The van der Waals surface area contributed by atoms with Crippen molar-refractivity contribution in [3.63, 3.8) is 0 Å². The van der Waals surface area contributed by atoms with Gasteiger partial charge in [0.2, 0.25) is 0 Å². The summed E-state index contributed by atoms with van der Waals surface area (Å²) < 4.78 is 25.8. The second kappa shape index (κ2) is 3.81. The fourth-order valence-electron chi connectivity index (χ4n) is 1.49. The molecule has 2 aromatic rings. The molecule has 4 heteroatoms. The Kier molecular flexibility index (Phi) is 2.48. The molecule has 4 N–H and O–H groups in total. The van der Waals surface area contributed by atoms with Crippen LogP contribution < -0.4 is 11.5 Å². The van der Waals surface area contributed by atoms with Crippen LogP contribution in [0.25, 0.3) is 11.1 Å². The molecule has 0 spiro atoms. The first-order valence-electron chi connectivity index (χ1n) is 4.69. The Labute approximate surface area is 91.5 Å². The molecule has 2 rings (SSSR count). The van der Waals surface area contributed by atoms with Crippen LogP contribution in [0.3, 0.4) is 0 Å². The summed E-state index contributed by atoms with van der Waals surface area (Å²) in [6.45, 7) is 0. The summed E-state index contributed by atoms with van der Waals surface area (Å²) >= 11 is 0. The van der Waals surface area contributed by atoms with E-state index in [4.69, 9.17) is 11.5 Å². The molecule has 0 amide bonds. The lowest BCUT2D eigenvalue weighted by atomic mass is 10.0. The van der Waals surface area contributed by atoms with E-state index in [1.165, 1.54) is 24.3 Å². The third kappa shape index (κ3) is 1.69. The van der Waals surface area contributed by atoms with Crippen LogP contribution in [-0.4, -0.2) is 0 Å². The van der Waals surface area contributed by atoms with Crippen LogP contribution in [-0.2, 0) is 0 Å². The summed E-state index contributed by atoms with van der Waals surface area (Å²) in [7, 11) is 0. The summed E-state index contributed by atoms with van der Waals surface area (Å²) in [5.74, 6) is -0.888. The van der Waals surface area contributed by atoms with Crippen LogP contribution in [0, 0.1) is 11.6 Å². The van der Waals surface area contributed by atoms with Gasteiger partial charge < -0.3 is 11.5 Å². The lowest BCUT2D eigenvalue weighted by Gasteiger charge is -2.09. The van der Waals surface area contributed by atoms with Gasteiger partial charge in [0.15, 0.2) is 0 Å². The average molecular weight is 220 g/mol. The van der Waals surface area contributed by atoms with Gasteiger partial charge in [-0.25, -0.2) is 8.78 Å². The van der Waals surface area contributed by atoms with Gasteiger partial charge in [-0.05, 0) is 29.8 Å². The van der Waals surface area contributed by atoms with Gasteiger partial charge in [0, 0.05) is 5.56 Å². The maximum Gasteiger partial charge on any atom is 0.148 e. The van der Waals surface area contributed by atoms with Crippen LogP contribution in [0.15, 0.2) is 36.4 Å². The fourth-order valence-corrected chi connectivity index (χ4v) is 1.49. The monoisotopic (exact) mass is 220 g/mol. The number of nitrogen functional groups attached to an aromatic ring is 2. The van der Waals surface area contributed by atoms with Crippen molar-refractivity contribution in [3.8, 4) is 11.1 Å². The lowest BCUT2D eigenvalue weighted by Crippen LogP contribution is -2.00. The minimum absolute atomic E-state index is 0.0816. The second-order valence-corrected chi connectivity index (χ2v) is 3.43. The van der Waals surface area contributed by atoms with E-state index in [1.54, 1.807) is 12.1 Å². The van der Waals surface area contributed by atoms with Crippen molar-refractivity contribution in [1.29, 1.82) is 0 Å². The van der Waals surface area contributed by atoms with E-state index in [0.29, 0.717) is 11.1 Å². The van der Waals surface area contributed by atoms with E-state index >= 15 is 0 Å². The largest absolute Gasteiger partial charge is 0.396 e. The van der Waals surface area contributed by atoms with Gasteiger partial charge in [0.25, 0.3) is 0 Å². The number of anilines is 2. The van der Waals surface area contributed by atoms with Crippen LogP contribution in [0.2, 0.25) is 0 Å². The van der Waals surface area contributed by atoms with Crippen molar-refractivity contribution in [3.05, 3.63) is 48.0 Å². The molecule has 0 fully saturated rings. The Morgan fingerprint density at radius 1 is 0.750 bits per heavy atom. The van der Waals surface area contributed by atoms with Crippen LogP contribution in [0.1, 0.15) is 0 Å². The third-order valence-electron chi connectivity index (χ3n) is 2.39. The van der Waals surface area contributed by atoms with E-state index in [2.05, 4.69) is 0 Å². The highest BCUT2D eigenvalue weighted by molar-refractivity contribution is 5.84. The standard InChI is InChI=1S/C12H10F2N2/c13-8-3-1-7(2-4-8)9-5-6-10(14)12(16)11(9)15/h1-6H,15-16H2. The highest BCUT2D eigenvalue weighted by Gasteiger charge is 2.09. The minimum atomic E-state index is -0.552. The topological polar surface area (TPSA) is 52.0 Å². The molecule has 0 bridgehead atoms. The average Bonchev–Trinajstić information content (AvgIpc) is 2.28. The normalized spacial score (nSPS) is 10.4. The Balaban J connectivity index is 2.57. The number of hydrogen-bond acceptors (Lipinski definition) is 2. The van der Waals surface area contributed by atoms with Crippen LogP contribution >= 0.6 is 0 Å². The van der Waals surface area contributed by atoms with Gasteiger partial charge in [-0.2, -0.15) is 0 Å². The Bertz CT molecular complexity index is 521. The Morgan fingerprint density at radius 2 is 1.38 bits per heavy atom. The number of nitrogens with two attached hydrogens (primary N) is 2. The first kappa shape index (κ1) is 10.4. The number of rotatable bonds is 1. The maximum atomic E-state index is 13.1. The zero-order valence-corrected chi connectivity index (χ0v) is 8.37. The molecule has 16 heavy (non-hydrogen) atoms. The summed E-state index contributed by atoms with van der Waals surface area (Å²) in [5, 5.41) is 0. The van der Waals surface area contributed by atoms with Crippen molar-refractivity contribution in [2.75, 3.05) is 11.5 Å². The molecule has 82 valence electrons. The molecule has 0 radical (unpaired) electrons. The lowest BCUT2D eigenvalue weighted by molar-refractivity contribution is 0.628. The van der Waals surface area contributed by atoms with Crippen molar-refractivity contribution in [1.82, 2.24) is 0 Å². The molecule has 0 heterocycles. The summed E-state index contributed by atoms with van der Waals surface area (Å²) in [6.07, 6.45) is 0. The Hall–Kier alpha value is -2.10. The molecule has 2 nitrogen and oxygen atoms in total. The molecular formula is C12H10F2N2. The van der Waals surface area contributed by atoms with Gasteiger partial charge >= 0.3 is 0 Å². The molecular weight excluding hydrogens is 210 g/mol. The van der Waals surface area contributed by atoms with Gasteiger partial charge in [0.1, 0.15) is 11.6 Å². The third-order valence-corrected chi connectivity index (χ3v) is 2.39. The number of benzene rings is 2. The van der Waals surface area contributed by atoms with Gasteiger partial charge in [-0.3, -0.25) is 0 Å². The molecule has 0 aliphatic rings. The number of hydrogen-bond donors (Lipinski definition) is 2. The van der Waals surface area contributed by atoms with E-state index < -0.39 is 5.82 Å². The summed E-state index contributed by atoms with van der Waals surface area (Å²) in [4.78, 5) is 0. The van der Waals surface area contributed by atoms with Gasteiger partial charge in [-0.1, -0.05) is 12.1 Å². The molecule has 0 atom stereocenters.